The zero-order valence-electron chi connectivity index (χ0n) is 11.0. The summed E-state index contributed by atoms with van der Waals surface area (Å²) in [7, 11) is 0. The van der Waals surface area contributed by atoms with Crippen LogP contribution in [0.5, 0.6) is 0 Å². The first-order chi connectivity index (χ1) is 9.00. The van der Waals surface area contributed by atoms with Gasteiger partial charge in [0.05, 0.1) is 5.92 Å². The van der Waals surface area contributed by atoms with Crippen LogP contribution in [0.1, 0.15) is 26.7 Å². The molecule has 2 nitrogen and oxygen atoms in total. The molecule has 9 heteroatoms. The number of halogens is 6. The fraction of sp³-hybridized carbons (Fsp3) is 0.909. The van der Waals surface area contributed by atoms with Crippen LogP contribution in [0.2, 0.25) is 0 Å². The first-order valence-electron chi connectivity index (χ1n) is 5.91. The fourth-order valence-corrected chi connectivity index (χ4v) is 2.28. The van der Waals surface area contributed by atoms with E-state index < -0.39 is 30.3 Å². The van der Waals surface area contributed by atoms with Crippen LogP contribution in [0.15, 0.2) is 0 Å². The molecule has 0 aromatic rings. The summed E-state index contributed by atoms with van der Waals surface area (Å²) in [6.07, 6.45) is -13.6. The number of unbranched alkanes of at least 4 members (excludes halogenated alkanes) is 1. The fourth-order valence-electron chi connectivity index (χ4n) is 1.13. The van der Waals surface area contributed by atoms with E-state index in [0.29, 0.717) is 5.75 Å². The Kier molecular flexibility index (Phi) is 7.75. The molecule has 1 unspecified atom stereocenters. The van der Waals surface area contributed by atoms with Crippen molar-refractivity contribution in [2.45, 2.75) is 45.1 Å². The van der Waals surface area contributed by atoms with Crippen molar-refractivity contribution in [3.05, 3.63) is 0 Å². The Balaban J connectivity index is 4.46. The van der Waals surface area contributed by atoms with Crippen LogP contribution in [0.4, 0.5) is 26.3 Å². The van der Waals surface area contributed by atoms with Gasteiger partial charge in [0.1, 0.15) is 0 Å². The average Bonchev–Trinajstić information content (AvgIpc) is 2.28. The minimum Gasteiger partial charge on any atom is -0.443 e. The van der Waals surface area contributed by atoms with Gasteiger partial charge in [-0.2, -0.15) is 38.1 Å². The van der Waals surface area contributed by atoms with E-state index in [1.54, 1.807) is 0 Å². The van der Waals surface area contributed by atoms with Crippen LogP contribution < -0.4 is 0 Å². The maximum absolute atomic E-state index is 12.2. The number of alkyl halides is 6. The Hall–Kier alpha value is -0.600. The van der Waals surface area contributed by atoms with Crippen LogP contribution in [0.3, 0.4) is 0 Å². The summed E-state index contributed by atoms with van der Waals surface area (Å²) in [6, 6.07) is 0. The zero-order chi connectivity index (χ0) is 16.0. The molecule has 20 heavy (non-hydrogen) atoms. The predicted octanol–water partition coefficient (Wildman–Crippen LogP) is 4.19. The summed E-state index contributed by atoms with van der Waals surface area (Å²) in [6.45, 7) is 3.18. The first kappa shape index (κ1) is 19.4. The van der Waals surface area contributed by atoms with E-state index >= 15 is 0 Å². The molecular weight excluding hydrogens is 310 g/mol. The molecule has 0 fully saturated rings. The smallest absolute Gasteiger partial charge is 0.434 e. The molecule has 0 aromatic heterocycles. The summed E-state index contributed by atoms with van der Waals surface area (Å²) in [4.78, 5) is 11.3. The Labute approximate surface area is 117 Å². The molecule has 0 aliphatic rings. The number of thioether (sulfide) groups is 1. The van der Waals surface area contributed by atoms with Crippen molar-refractivity contribution in [2.75, 3.05) is 11.5 Å². The minimum atomic E-state index is -5.66. The lowest BCUT2D eigenvalue weighted by atomic mass is 10.2. The highest BCUT2D eigenvalue weighted by atomic mass is 32.2. The number of carbonyl (C=O) groups is 1. The molecule has 0 radical (unpaired) electrons. The van der Waals surface area contributed by atoms with Crippen molar-refractivity contribution in [2.24, 2.45) is 5.92 Å². The van der Waals surface area contributed by atoms with Crippen molar-refractivity contribution in [3.8, 4) is 0 Å². The third-order valence-electron chi connectivity index (χ3n) is 2.24. The molecule has 0 bridgehead atoms. The van der Waals surface area contributed by atoms with Gasteiger partial charge in [-0.25, -0.2) is 0 Å². The molecule has 0 aliphatic heterocycles. The Morgan fingerprint density at radius 2 is 1.65 bits per heavy atom. The van der Waals surface area contributed by atoms with E-state index in [0.717, 1.165) is 12.8 Å². The summed E-state index contributed by atoms with van der Waals surface area (Å²) >= 11 is 1.29. The number of carbonyl (C=O) groups excluding carboxylic acids is 1. The van der Waals surface area contributed by atoms with Gasteiger partial charge in [0.15, 0.2) is 0 Å². The molecule has 0 saturated heterocycles. The Morgan fingerprint density at radius 1 is 1.15 bits per heavy atom. The van der Waals surface area contributed by atoms with Crippen LogP contribution in [0.25, 0.3) is 0 Å². The van der Waals surface area contributed by atoms with Crippen LogP contribution >= 0.6 is 11.8 Å². The van der Waals surface area contributed by atoms with Crippen molar-refractivity contribution in [3.63, 3.8) is 0 Å². The molecule has 0 saturated carbocycles. The van der Waals surface area contributed by atoms with Gasteiger partial charge in [-0.1, -0.05) is 20.3 Å². The van der Waals surface area contributed by atoms with Crippen LogP contribution in [-0.2, 0) is 9.53 Å². The average molecular weight is 326 g/mol. The standard InChI is InChI=1S/C11H16F6O2S/c1-3-4-5-20-6-7(2)8(18)19-9(10(12,13)14)11(15,16)17/h7,9H,3-6H2,1-2H3. The van der Waals surface area contributed by atoms with Crippen LogP contribution in [-0.4, -0.2) is 35.9 Å². The number of hydrogen-bond donors (Lipinski definition) is 0. The lowest BCUT2D eigenvalue weighted by Crippen LogP contribution is -2.46. The zero-order valence-corrected chi connectivity index (χ0v) is 11.8. The molecule has 0 N–H and O–H groups in total. The highest BCUT2D eigenvalue weighted by molar-refractivity contribution is 7.99. The highest BCUT2D eigenvalue weighted by Gasteiger charge is 2.60. The van der Waals surface area contributed by atoms with Gasteiger partial charge in [-0.3, -0.25) is 4.79 Å². The number of rotatable bonds is 7. The molecule has 0 heterocycles. The first-order valence-corrected chi connectivity index (χ1v) is 7.07. The molecule has 0 aromatic carbocycles. The Bertz CT molecular complexity index is 288. The number of esters is 1. The molecule has 0 amide bonds. The van der Waals surface area contributed by atoms with Gasteiger partial charge in [0, 0.05) is 5.75 Å². The number of hydrogen-bond acceptors (Lipinski definition) is 3. The summed E-state index contributed by atoms with van der Waals surface area (Å²) < 4.78 is 76.7. The van der Waals surface area contributed by atoms with E-state index in [1.165, 1.54) is 18.7 Å². The van der Waals surface area contributed by atoms with Crippen molar-refractivity contribution < 1.29 is 35.9 Å². The normalized spacial score (nSPS) is 14.4. The monoisotopic (exact) mass is 326 g/mol. The van der Waals surface area contributed by atoms with E-state index in [4.69, 9.17) is 0 Å². The second kappa shape index (κ2) is 7.99. The lowest BCUT2D eigenvalue weighted by molar-refractivity contribution is -0.314. The van der Waals surface area contributed by atoms with E-state index in [1.807, 2.05) is 6.92 Å². The second-order valence-electron chi connectivity index (χ2n) is 4.23. The van der Waals surface area contributed by atoms with Crippen LogP contribution in [0, 0.1) is 5.92 Å². The Morgan fingerprint density at radius 3 is 2.05 bits per heavy atom. The maximum atomic E-state index is 12.2. The van der Waals surface area contributed by atoms with Crippen molar-refractivity contribution in [1.29, 1.82) is 0 Å². The largest absolute Gasteiger partial charge is 0.443 e. The third-order valence-corrected chi connectivity index (χ3v) is 3.55. The van der Waals surface area contributed by atoms with Gasteiger partial charge >= 0.3 is 18.3 Å². The van der Waals surface area contributed by atoms with Gasteiger partial charge in [0.25, 0.3) is 6.10 Å². The molecule has 0 rings (SSSR count). The van der Waals surface area contributed by atoms with Gasteiger partial charge < -0.3 is 4.74 Å². The number of ether oxygens (including phenoxy) is 1. The summed E-state index contributed by atoms with van der Waals surface area (Å²) in [5, 5.41) is 0. The second-order valence-corrected chi connectivity index (χ2v) is 5.38. The van der Waals surface area contributed by atoms with Crippen molar-refractivity contribution >= 4 is 17.7 Å². The van der Waals surface area contributed by atoms with Gasteiger partial charge in [-0.15, -0.1) is 0 Å². The lowest BCUT2D eigenvalue weighted by Gasteiger charge is -2.24. The summed E-state index contributed by atoms with van der Waals surface area (Å²) in [5.41, 5.74) is 0. The minimum absolute atomic E-state index is 0.126. The van der Waals surface area contributed by atoms with Crippen molar-refractivity contribution in [1.82, 2.24) is 0 Å². The topological polar surface area (TPSA) is 26.3 Å². The molecule has 120 valence electrons. The molecule has 1 atom stereocenters. The van der Waals surface area contributed by atoms with E-state index in [9.17, 15) is 31.1 Å². The van der Waals surface area contributed by atoms with E-state index in [-0.39, 0.29) is 5.75 Å². The van der Waals surface area contributed by atoms with E-state index in [2.05, 4.69) is 4.74 Å². The molecular formula is C11H16F6O2S. The molecule has 0 spiro atoms. The van der Waals surface area contributed by atoms with Gasteiger partial charge in [-0.05, 0) is 12.2 Å². The highest BCUT2D eigenvalue weighted by Crippen LogP contribution is 2.36. The third kappa shape index (κ3) is 7.25. The quantitative estimate of drug-likeness (QED) is 0.399. The van der Waals surface area contributed by atoms with Gasteiger partial charge in [0.2, 0.25) is 0 Å². The summed E-state index contributed by atoms with van der Waals surface area (Å²) in [5.74, 6) is -1.70. The predicted molar refractivity (Wildman–Crippen MR) is 63.4 cm³/mol. The molecule has 0 aliphatic carbocycles. The SMILES string of the molecule is CCCCSCC(C)C(=O)OC(C(F)(F)F)C(F)(F)F. The maximum Gasteiger partial charge on any atom is 0.434 e.